The Bertz CT molecular complexity index is 1150. The first kappa shape index (κ1) is 54.6. The quantitative estimate of drug-likeness (QED) is 0.0266. The van der Waals surface area contributed by atoms with Gasteiger partial charge in [0.25, 0.3) is 0 Å². The molecule has 6 N–H and O–H groups in total. The second-order valence-corrected chi connectivity index (χ2v) is 16.2. The smallest absolute Gasteiger partial charge is 0.220 e. The van der Waals surface area contributed by atoms with E-state index in [0.29, 0.717) is 12.8 Å². The number of unbranched alkanes of at least 4 members (excludes halogenated alkanes) is 16. The molecular formula is C50H87NO8. The van der Waals surface area contributed by atoms with Gasteiger partial charge in [0.2, 0.25) is 5.91 Å². The fourth-order valence-corrected chi connectivity index (χ4v) is 7.04. The number of hydrogen-bond donors (Lipinski definition) is 6. The number of hydrogen-bond acceptors (Lipinski definition) is 8. The van der Waals surface area contributed by atoms with E-state index in [4.69, 9.17) is 9.47 Å². The molecule has 59 heavy (non-hydrogen) atoms. The molecule has 1 heterocycles. The summed E-state index contributed by atoms with van der Waals surface area (Å²) in [5.74, 6) is -0.158. The lowest BCUT2D eigenvalue weighted by Crippen LogP contribution is -2.60. The Balaban J connectivity index is 2.09. The van der Waals surface area contributed by atoms with Crippen LogP contribution in [0.25, 0.3) is 0 Å². The van der Waals surface area contributed by atoms with Crippen molar-refractivity contribution in [2.45, 2.75) is 224 Å². The highest BCUT2D eigenvalue weighted by Crippen LogP contribution is 2.23. The van der Waals surface area contributed by atoms with Gasteiger partial charge in [-0.05, 0) is 64.2 Å². The minimum absolute atomic E-state index is 0.144. The molecule has 1 rings (SSSR count). The molecule has 0 radical (unpaired) electrons. The first-order valence-electron chi connectivity index (χ1n) is 23.6. The highest BCUT2D eigenvalue weighted by atomic mass is 16.7. The van der Waals surface area contributed by atoms with Gasteiger partial charge >= 0.3 is 0 Å². The average molecular weight is 830 g/mol. The third-order valence-corrected chi connectivity index (χ3v) is 10.8. The highest BCUT2D eigenvalue weighted by molar-refractivity contribution is 5.76. The lowest BCUT2D eigenvalue weighted by Gasteiger charge is -2.40. The van der Waals surface area contributed by atoms with Crippen LogP contribution in [0.3, 0.4) is 0 Å². The zero-order valence-electron chi connectivity index (χ0n) is 37.2. The minimum Gasteiger partial charge on any atom is -0.394 e. The zero-order chi connectivity index (χ0) is 43.0. The molecule has 1 saturated heterocycles. The first-order valence-corrected chi connectivity index (χ1v) is 23.6. The van der Waals surface area contributed by atoms with Gasteiger partial charge in [0.15, 0.2) is 6.29 Å². The van der Waals surface area contributed by atoms with E-state index in [9.17, 15) is 30.3 Å². The van der Waals surface area contributed by atoms with E-state index in [1.54, 1.807) is 0 Å². The molecule has 9 heteroatoms. The van der Waals surface area contributed by atoms with Gasteiger partial charge in [-0.25, -0.2) is 0 Å². The molecule has 7 atom stereocenters. The largest absolute Gasteiger partial charge is 0.394 e. The first-order chi connectivity index (χ1) is 28.8. The summed E-state index contributed by atoms with van der Waals surface area (Å²) in [7, 11) is 0. The van der Waals surface area contributed by atoms with Crippen LogP contribution in [0, 0.1) is 0 Å². The molecule has 7 unspecified atom stereocenters. The van der Waals surface area contributed by atoms with Crippen LogP contribution in [-0.2, 0) is 14.3 Å². The molecule has 1 aliphatic rings. The van der Waals surface area contributed by atoms with Crippen molar-refractivity contribution in [3.05, 3.63) is 72.9 Å². The number of nitrogens with one attached hydrogen (secondary N) is 1. The third kappa shape index (κ3) is 30.3. The SMILES string of the molecule is CC/C=C\C/C=C\C/C=C\C/C=C\C/C=C\C/C=C\CCCCCCCCCCCCCCC(=O)NC(COC1OC(CO)C(O)C(O)C1O)C(O)CCCCCCC. The maximum atomic E-state index is 12.9. The number of amides is 1. The van der Waals surface area contributed by atoms with E-state index >= 15 is 0 Å². The van der Waals surface area contributed by atoms with E-state index < -0.39 is 49.5 Å². The summed E-state index contributed by atoms with van der Waals surface area (Å²) in [6.07, 6.45) is 46.9. The van der Waals surface area contributed by atoms with Gasteiger partial charge in [-0.1, -0.05) is 183 Å². The molecule has 0 saturated carbocycles. The average Bonchev–Trinajstić information content (AvgIpc) is 3.23. The van der Waals surface area contributed by atoms with Crippen molar-refractivity contribution in [2.75, 3.05) is 13.2 Å². The van der Waals surface area contributed by atoms with Gasteiger partial charge in [-0.3, -0.25) is 4.79 Å². The maximum absolute atomic E-state index is 12.9. The molecule has 9 nitrogen and oxygen atoms in total. The molecule has 1 aliphatic heterocycles. The number of rotatable bonds is 38. The number of aliphatic hydroxyl groups is 5. The number of aliphatic hydroxyl groups excluding tert-OH is 5. The van der Waals surface area contributed by atoms with Gasteiger partial charge in [0.05, 0.1) is 25.4 Å². The van der Waals surface area contributed by atoms with Crippen molar-refractivity contribution in [3.63, 3.8) is 0 Å². The molecule has 0 bridgehead atoms. The molecule has 1 amide bonds. The van der Waals surface area contributed by atoms with Crippen LogP contribution in [0.1, 0.15) is 181 Å². The lowest BCUT2D eigenvalue weighted by atomic mass is 9.99. The zero-order valence-corrected chi connectivity index (χ0v) is 37.2. The van der Waals surface area contributed by atoms with E-state index in [1.807, 2.05) is 0 Å². The molecule has 340 valence electrons. The van der Waals surface area contributed by atoms with Crippen LogP contribution in [0.15, 0.2) is 72.9 Å². The highest BCUT2D eigenvalue weighted by Gasteiger charge is 2.44. The molecule has 0 spiro atoms. The van der Waals surface area contributed by atoms with Crippen molar-refractivity contribution in [3.8, 4) is 0 Å². The Hall–Kier alpha value is -2.37. The molecule has 0 aromatic heterocycles. The second kappa shape index (κ2) is 39.7. The van der Waals surface area contributed by atoms with E-state index in [0.717, 1.165) is 89.9 Å². The van der Waals surface area contributed by atoms with Crippen LogP contribution in [0.2, 0.25) is 0 Å². The Morgan fingerprint density at radius 1 is 0.593 bits per heavy atom. The van der Waals surface area contributed by atoms with Gasteiger partial charge in [-0.15, -0.1) is 0 Å². The van der Waals surface area contributed by atoms with Crippen LogP contribution in [-0.4, -0.2) is 87.5 Å². The van der Waals surface area contributed by atoms with Crippen LogP contribution in [0.5, 0.6) is 0 Å². The van der Waals surface area contributed by atoms with E-state index in [1.165, 1.54) is 64.2 Å². The van der Waals surface area contributed by atoms with Gasteiger partial charge in [0, 0.05) is 6.42 Å². The van der Waals surface area contributed by atoms with Crippen molar-refractivity contribution in [1.82, 2.24) is 5.32 Å². The van der Waals surface area contributed by atoms with Crippen molar-refractivity contribution in [2.24, 2.45) is 0 Å². The Morgan fingerprint density at radius 3 is 1.56 bits per heavy atom. The topological polar surface area (TPSA) is 149 Å². The standard InChI is InChI=1S/C50H87NO8/c1-3-5-7-9-10-11-12-13-14-15-16-17-18-19-20-21-22-23-24-25-26-27-28-29-30-31-32-33-34-36-38-40-46(54)51-43(44(53)39-37-35-8-6-4-2)42-58-50-49(57)48(56)47(55)45(41-52)59-50/h5,7,10-11,13-14,16-17,19-20,22-23,43-45,47-50,52-53,55-57H,3-4,6,8-9,12,15,18,21,24-42H2,1-2H3,(H,51,54)/b7-5-,11-10-,14-13-,17-16-,20-19-,23-22-. The summed E-state index contributed by atoms with van der Waals surface area (Å²) in [6, 6.07) is -0.719. The van der Waals surface area contributed by atoms with Crippen molar-refractivity contribution in [1.29, 1.82) is 0 Å². The summed E-state index contributed by atoms with van der Waals surface area (Å²) in [5, 5.41) is 53.9. The summed E-state index contributed by atoms with van der Waals surface area (Å²) < 4.78 is 11.2. The van der Waals surface area contributed by atoms with Gasteiger partial charge in [0.1, 0.15) is 24.4 Å². The molecule has 0 aromatic carbocycles. The van der Waals surface area contributed by atoms with Crippen LogP contribution < -0.4 is 5.32 Å². The maximum Gasteiger partial charge on any atom is 0.220 e. The van der Waals surface area contributed by atoms with Crippen LogP contribution in [0.4, 0.5) is 0 Å². The van der Waals surface area contributed by atoms with Gasteiger partial charge in [-0.2, -0.15) is 0 Å². The van der Waals surface area contributed by atoms with Crippen molar-refractivity contribution < 1.29 is 39.8 Å². The molecule has 0 aromatic rings. The lowest BCUT2D eigenvalue weighted by molar-refractivity contribution is -0.302. The predicted octanol–water partition coefficient (Wildman–Crippen LogP) is 10.2. The second-order valence-electron chi connectivity index (χ2n) is 16.2. The number of allylic oxidation sites excluding steroid dienone is 12. The summed E-state index contributed by atoms with van der Waals surface area (Å²) >= 11 is 0. The van der Waals surface area contributed by atoms with Crippen molar-refractivity contribution >= 4 is 5.91 Å². The summed E-state index contributed by atoms with van der Waals surface area (Å²) in [5.41, 5.74) is 0. The Labute approximate surface area is 359 Å². The third-order valence-electron chi connectivity index (χ3n) is 10.8. The number of carbonyl (C=O) groups is 1. The molecule has 1 fully saturated rings. The number of carbonyl (C=O) groups excluding carboxylic acids is 1. The van der Waals surface area contributed by atoms with E-state index in [2.05, 4.69) is 92.1 Å². The molecular weight excluding hydrogens is 743 g/mol. The van der Waals surface area contributed by atoms with Gasteiger partial charge < -0.3 is 40.3 Å². The minimum atomic E-state index is -1.55. The fraction of sp³-hybridized carbons (Fsp3) is 0.740. The fourth-order valence-electron chi connectivity index (χ4n) is 7.04. The summed E-state index contributed by atoms with van der Waals surface area (Å²) in [4.78, 5) is 12.9. The van der Waals surface area contributed by atoms with Crippen LogP contribution >= 0.6 is 0 Å². The van der Waals surface area contributed by atoms with E-state index in [-0.39, 0.29) is 12.5 Å². The Morgan fingerprint density at radius 2 is 1.05 bits per heavy atom. The Kier molecular flexibility index (Phi) is 36.8. The normalized spacial score (nSPS) is 21.4. The molecule has 0 aliphatic carbocycles. The number of ether oxygens (including phenoxy) is 2. The predicted molar refractivity (Wildman–Crippen MR) is 244 cm³/mol. The summed E-state index contributed by atoms with van der Waals surface area (Å²) in [6.45, 7) is 3.61. The monoisotopic (exact) mass is 830 g/mol.